The van der Waals surface area contributed by atoms with E-state index in [1.165, 1.54) is 12.0 Å². The summed E-state index contributed by atoms with van der Waals surface area (Å²) in [6, 6.07) is 12.7. The van der Waals surface area contributed by atoms with Crippen molar-refractivity contribution in [1.29, 1.82) is 0 Å². The fourth-order valence-corrected chi connectivity index (χ4v) is 5.10. The number of ether oxygens (including phenoxy) is 1. The van der Waals surface area contributed by atoms with Crippen molar-refractivity contribution in [3.8, 4) is 0 Å². The summed E-state index contributed by atoms with van der Waals surface area (Å²) < 4.78 is 4.86. The molecule has 1 aliphatic heterocycles. The molecule has 4 atom stereocenters. The Morgan fingerprint density at radius 1 is 1.15 bits per heavy atom. The van der Waals surface area contributed by atoms with Crippen molar-refractivity contribution in [2.45, 2.75) is 51.1 Å². The summed E-state index contributed by atoms with van der Waals surface area (Å²) in [5.41, 5.74) is 0.472. The third kappa shape index (κ3) is 5.17. The van der Waals surface area contributed by atoms with Crippen molar-refractivity contribution >= 4 is 41.0 Å². The van der Waals surface area contributed by atoms with Gasteiger partial charge in [0, 0.05) is 16.0 Å². The first kappa shape index (κ1) is 25.1. The highest BCUT2D eigenvalue weighted by Gasteiger charge is 2.53. The summed E-state index contributed by atoms with van der Waals surface area (Å²) in [6.07, 6.45) is 0.377. The molecule has 2 aromatic rings. The molecule has 0 spiro atoms. The Hall–Kier alpha value is -2.57. The molecule has 1 amide bonds. The van der Waals surface area contributed by atoms with Crippen LogP contribution in [0.4, 0.5) is 0 Å². The number of carboxylic acid groups (broad SMARTS) is 1. The molecule has 8 heteroatoms. The number of piperidine rings is 1. The molecule has 0 aliphatic carbocycles. The molecule has 33 heavy (non-hydrogen) atoms. The lowest BCUT2D eigenvalue weighted by atomic mass is 9.67. The van der Waals surface area contributed by atoms with Crippen LogP contribution < -0.4 is 0 Å². The molecule has 3 rings (SSSR count). The Morgan fingerprint density at radius 3 is 2.36 bits per heavy atom. The number of benzene rings is 2. The molecule has 1 N–H and O–H groups in total. The van der Waals surface area contributed by atoms with E-state index in [9.17, 15) is 19.5 Å². The van der Waals surface area contributed by atoms with Gasteiger partial charge in [0.15, 0.2) is 0 Å². The van der Waals surface area contributed by atoms with Crippen LogP contribution >= 0.6 is 23.2 Å². The smallest absolute Gasteiger partial charge is 0.326 e. The predicted octanol–water partition coefficient (Wildman–Crippen LogP) is 5.48. The molecule has 176 valence electrons. The monoisotopic (exact) mass is 491 g/mol. The summed E-state index contributed by atoms with van der Waals surface area (Å²) in [7, 11) is 1.27. The number of halogens is 2. The van der Waals surface area contributed by atoms with E-state index in [1.807, 2.05) is 30.3 Å². The topological polar surface area (TPSA) is 83.9 Å². The lowest BCUT2D eigenvalue weighted by Crippen LogP contribution is -2.57. The van der Waals surface area contributed by atoms with Crippen molar-refractivity contribution in [3.05, 3.63) is 69.7 Å². The minimum atomic E-state index is -1.15. The van der Waals surface area contributed by atoms with E-state index in [1.54, 1.807) is 32.0 Å². The molecule has 0 aromatic heterocycles. The van der Waals surface area contributed by atoms with Crippen molar-refractivity contribution in [1.82, 2.24) is 4.90 Å². The zero-order chi connectivity index (χ0) is 24.3. The van der Waals surface area contributed by atoms with Gasteiger partial charge in [-0.2, -0.15) is 0 Å². The first-order chi connectivity index (χ1) is 15.6. The van der Waals surface area contributed by atoms with Crippen LogP contribution in [0.5, 0.6) is 0 Å². The van der Waals surface area contributed by atoms with Gasteiger partial charge in [-0.05, 0) is 48.2 Å². The zero-order valence-corrected chi connectivity index (χ0v) is 20.3. The second kappa shape index (κ2) is 10.1. The summed E-state index contributed by atoms with van der Waals surface area (Å²) in [6.45, 7) is 3.43. The largest absolute Gasteiger partial charge is 0.480 e. The zero-order valence-electron chi connectivity index (χ0n) is 18.8. The normalized spacial score (nSPS) is 23.8. The Morgan fingerprint density at radius 2 is 1.82 bits per heavy atom. The maximum atomic E-state index is 13.9. The van der Waals surface area contributed by atoms with Crippen LogP contribution in [-0.4, -0.2) is 41.0 Å². The molecule has 1 aliphatic rings. The SMILES string of the molecule is CC[C@@H](C(=O)O)N1C(=O)[C@@](C)(CC(=O)OC)C[C@H](c2cccc(Cl)c2)[C@H]1c1ccc(Cl)cc1. The van der Waals surface area contributed by atoms with Crippen LogP contribution in [0.2, 0.25) is 10.0 Å². The number of nitrogens with zero attached hydrogens (tertiary/aromatic N) is 1. The van der Waals surface area contributed by atoms with Gasteiger partial charge in [-0.15, -0.1) is 0 Å². The van der Waals surface area contributed by atoms with Gasteiger partial charge in [-0.1, -0.05) is 61.3 Å². The molecular weight excluding hydrogens is 465 g/mol. The molecule has 6 nitrogen and oxygen atoms in total. The molecule has 2 aromatic carbocycles. The van der Waals surface area contributed by atoms with E-state index in [4.69, 9.17) is 27.9 Å². The molecule has 0 saturated carbocycles. The summed E-state index contributed by atoms with van der Waals surface area (Å²) in [5.74, 6) is -2.33. The number of likely N-dealkylation sites (tertiary alicyclic amines) is 1. The van der Waals surface area contributed by atoms with Gasteiger partial charge in [-0.3, -0.25) is 9.59 Å². The van der Waals surface area contributed by atoms with Crippen LogP contribution in [0.25, 0.3) is 0 Å². The van der Waals surface area contributed by atoms with Gasteiger partial charge < -0.3 is 14.7 Å². The Kier molecular flexibility index (Phi) is 7.70. The van der Waals surface area contributed by atoms with Gasteiger partial charge in [0.25, 0.3) is 0 Å². The maximum Gasteiger partial charge on any atom is 0.326 e. The van der Waals surface area contributed by atoms with Gasteiger partial charge in [0.2, 0.25) is 5.91 Å². The van der Waals surface area contributed by atoms with Crippen LogP contribution in [0.1, 0.15) is 56.2 Å². The van der Waals surface area contributed by atoms with E-state index in [0.717, 1.165) is 11.1 Å². The quantitative estimate of drug-likeness (QED) is 0.518. The molecule has 0 radical (unpaired) electrons. The highest BCUT2D eigenvalue weighted by Crippen LogP contribution is 2.52. The number of carbonyl (C=O) groups is 3. The number of methoxy groups -OCH3 is 1. The van der Waals surface area contributed by atoms with E-state index in [0.29, 0.717) is 16.5 Å². The van der Waals surface area contributed by atoms with Crippen molar-refractivity contribution < 1.29 is 24.2 Å². The van der Waals surface area contributed by atoms with Crippen LogP contribution in [-0.2, 0) is 19.1 Å². The lowest BCUT2D eigenvalue weighted by molar-refractivity contribution is -0.167. The van der Waals surface area contributed by atoms with Gasteiger partial charge in [0.1, 0.15) is 6.04 Å². The number of rotatable bonds is 7. The number of carbonyl (C=O) groups excluding carboxylic acids is 2. The second-order valence-corrected chi connectivity index (χ2v) is 9.52. The summed E-state index contributed by atoms with van der Waals surface area (Å²) in [5, 5.41) is 11.1. The molecule has 0 bridgehead atoms. The number of aliphatic carboxylic acids is 1. The molecule has 1 heterocycles. The molecule has 1 saturated heterocycles. The van der Waals surface area contributed by atoms with Gasteiger partial charge >= 0.3 is 11.9 Å². The number of carboxylic acids is 1. The highest BCUT2D eigenvalue weighted by atomic mass is 35.5. The third-order valence-corrected chi connectivity index (χ3v) is 6.85. The van der Waals surface area contributed by atoms with Gasteiger partial charge in [-0.25, -0.2) is 4.79 Å². The predicted molar refractivity (Wildman–Crippen MR) is 126 cm³/mol. The molecular formula is C25H27Cl2NO5. The van der Waals surface area contributed by atoms with Crippen LogP contribution in [0.3, 0.4) is 0 Å². The summed E-state index contributed by atoms with van der Waals surface area (Å²) in [4.78, 5) is 39.9. The van der Waals surface area contributed by atoms with Crippen molar-refractivity contribution in [2.24, 2.45) is 5.41 Å². The van der Waals surface area contributed by atoms with Crippen LogP contribution in [0.15, 0.2) is 48.5 Å². The standard InChI is InChI=1S/C25H27Cl2NO5/c1-4-20(23(30)31)28-22(15-8-10-17(26)11-9-15)19(16-6-5-7-18(27)12-16)13-25(2,24(28)32)14-21(29)33-3/h5-12,19-20,22H,4,13-14H2,1-3H3,(H,30,31)/t19-,20+,22-,25-/m1/s1. The average molecular weight is 492 g/mol. The van der Waals surface area contributed by atoms with Gasteiger partial charge in [0.05, 0.1) is 25.0 Å². The van der Waals surface area contributed by atoms with E-state index >= 15 is 0 Å². The third-order valence-electron chi connectivity index (χ3n) is 6.36. The number of hydrogen-bond donors (Lipinski definition) is 1. The fraction of sp³-hybridized carbons (Fsp3) is 0.400. The summed E-state index contributed by atoms with van der Waals surface area (Å²) >= 11 is 12.4. The number of hydrogen-bond acceptors (Lipinski definition) is 4. The lowest BCUT2D eigenvalue weighted by Gasteiger charge is -2.51. The second-order valence-electron chi connectivity index (χ2n) is 8.65. The first-order valence-corrected chi connectivity index (χ1v) is 11.5. The van der Waals surface area contributed by atoms with Crippen molar-refractivity contribution in [2.75, 3.05) is 7.11 Å². The Bertz CT molecular complexity index is 1040. The molecule has 1 fully saturated rings. The Balaban J connectivity index is 2.25. The maximum absolute atomic E-state index is 13.9. The van der Waals surface area contributed by atoms with E-state index in [-0.39, 0.29) is 24.7 Å². The molecule has 0 unspecified atom stereocenters. The van der Waals surface area contributed by atoms with E-state index in [2.05, 4.69) is 0 Å². The minimum Gasteiger partial charge on any atom is -0.480 e. The number of amides is 1. The minimum absolute atomic E-state index is 0.153. The fourth-order valence-electron chi connectivity index (χ4n) is 4.77. The number of esters is 1. The van der Waals surface area contributed by atoms with Crippen LogP contribution in [0, 0.1) is 5.41 Å². The first-order valence-electron chi connectivity index (χ1n) is 10.7. The average Bonchev–Trinajstić information content (AvgIpc) is 2.77. The van der Waals surface area contributed by atoms with Crippen molar-refractivity contribution in [3.63, 3.8) is 0 Å². The highest BCUT2D eigenvalue weighted by molar-refractivity contribution is 6.30. The Labute approximate surface area is 203 Å². The van der Waals surface area contributed by atoms with E-state index < -0.39 is 29.4 Å².